The maximum atomic E-state index is 12.5. The first kappa shape index (κ1) is 14.7. The lowest BCUT2D eigenvalue weighted by Crippen LogP contribution is -2.30. The molecule has 2 heterocycles. The van der Waals surface area contributed by atoms with Crippen LogP contribution in [0.25, 0.3) is 5.69 Å². The highest BCUT2D eigenvalue weighted by Gasteiger charge is 2.37. The number of nitrogens with one attached hydrogen (secondary N) is 1. The van der Waals surface area contributed by atoms with Gasteiger partial charge in [0.1, 0.15) is 6.04 Å². The first-order chi connectivity index (χ1) is 10.5. The molecule has 7 nitrogen and oxygen atoms in total. The molecule has 3 rings (SSSR count). The fourth-order valence-corrected chi connectivity index (χ4v) is 4.20. The molecule has 116 valence electrons. The van der Waals surface area contributed by atoms with Gasteiger partial charge in [-0.3, -0.25) is 4.79 Å². The summed E-state index contributed by atoms with van der Waals surface area (Å²) < 4.78 is 26.9. The molecule has 1 aliphatic heterocycles. The van der Waals surface area contributed by atoms with Crippen LogP contribution in [0, 0.1) is 0 Å². The molecule has 0 bridgehead atoms. The van der Waals surface area contributed by atoms with Gasteiger partial charge in [-0.05, 0) is 30.7 Å². The molecular formula is C14H15N3O4S. The third kappa shape index (κ3) is 2.62. The third-order valence-electron chi connectivity index (χ3n) is 3.80. The van der Waals surface area contributed by atoms with Crippen molar-refractivity contribution in [2.75, 3.05) is 6.54 Å². The Hall–Kier alpha value is -2.19. The fourth-order valence-electron chi connectivity index (χ4n) is 2.54. The van der Waals surface area contributed by atoms with Crippen molar-refractivity contribution in [3.05, 3.63) is 43.0 Å². The zero-order valence-electron chi connectivity index (χ0n) is 11.6. The number of aliphatic carboxylic acids is 1. The Kier molecular flexibility index (Phi) is 3.71. The van der Waals surface area contributed by atoms with Crippen LogP contribution in [0.5, 0.6) is 0 Å². The number of rotatable bonds is 4. The molecule has 0 unspecified atom stereocenters. The molecule has 2 aromatic rings. The quantitative estimate of drug-likeness (QED) is 0.848. The van der Waals surface area contributed by atoms with E-state index in [1.165, 1.54) is 0 Å². The molecule has 1 aromatic heterocycles. The zero-order chi connectivity index (χ0) is 15.7. The number of nitrogens with zero attached hydrogens (tertiary/aromatic N) is 2. The summed E-state index contributed by atoms with van der Waals surface area (Å²) in [6.45, 7) is 0.155. The lowest BCUT2D eigenvalue weighted by Gasteiger charge is -2.11. The number of carbonyl (C=O) groups is 1. The first-order valence-electron chi connectivity index (χ1n) is 6.77. The van der Waals surface area contributed by atoms with E-state index < -0.39 is 27.1 Å². The monoisotopic (exact) mass is 321 g/mol. The second-order valence-corrected chi connectivity index (χ2v) is 7.39. The topological polar surface area (TPSA) is 101 Å². The van der Waals surface area contributed by atoms with Gasteiger partial charge < -0.3 is 15.0 Å². The van der Waals surface area contributed by atoms with Crippen molar-refractivity contribution >= 4 is 15.8 Å². The van der Waals surface area contributed by atoms with E-state index in [2.05, 4.69) is 10.3 Å². The van der Waals surface area contributed by atoms with Crippen LogP contribution in [0.1, 0.15) is 6.42 Å². The molecule has 0 spiro atoms. The molecule has 2 atom stereocenters. The molecule has 0 radical (unpaired) electrons. The summed E-state index contributed by atoms with van der Waals surface area (Å²) in [6, 6.07) is 5.68. The standard InChI is InChI=1S/C14H15N3O4S/c18-14(19)13-7-12(8-16-13)22(20,21)11-3-1-10(2-4-11)17-6-5-15-9-17/h1-6,9,12-13,16H,7-8H2,(H,18,19)/t12-,13+/m1/s1. The molecule has 22 heavy (non-hydrogen) atoms. The second-order valence-electron chi connectivity index (χ2n) is 5.17. The van der Waals surface area contributed by atoms with Crippen LogP contribution in [0.3, 0.4) is 0 Å². The summed E-state index contributed by atoms with van der Waals surface area (Å²) in [4.78, 5) is 15.1. The fraction of sp³-hybridized carbons (Fsp3) is 0.286. The molecule has 2 N–H and O–H groups in total. The van der Waals surface area contributed by atoms with Crippen LogP contribution < -0.4 is 5.32 Å². The van der Waals surface area contributed by atoms with Gasteiger partial charge in [0.15, 0.2) is 9.84 Å². The number of hydrogen-bond donors (Lipinski definition) is 2. The summed E-state index contributed by atoms with van der Waals surface area (Å²) >= 11 is 0. The summed E-state index contributed by atoms with van der Waals surface area (Å²) in [5.41, 5.74) is 0.810. The Balaban J connectivity index is 1.82. The van der Waals surface area contributed by atoms with Crippen LogP contribution in [0.4, 0.5) is 0 Å². The normalized spacial score (nSPS) is 21.8. The van der Waals surface area contributed by atoms with Gasteiger partial charge in [0.2, 0.25) is 0 Å². The Bertz CT molecular complexity index is 769. The number of hydrogen-bond acceptors (Lipinski definition) is 5. The maximum absolute atomic E-state index is 12.5. The van der Waals surface area contributed by atoms with E-state index >= 15 is 0 Å². The summed E-state index contributed by atoms with van der Waals surface area (Å²) in [5.74, 6) is -1.02. The van der Waals surface area contributed by atoms with Crippen LogP contribution in [-0.4, -0.2) is 46.9 Å². The number of aromatic nitrogens is 2. The largest absolute Gasteiger partial charge is 0.480 e. The third-order valence-corrected chi connectivity index (χ3v) is 5.96. The van der Waals surface area contributed by atoms with Crippen LogP contribution in [0.15, 0.2) is 47.9 Å². The van der Waals surface area contributed by atoms with Crippen molar-refractivity contribution in [2.45, 2.75) is 22.6 Å². The highest BCUT2D eigenvalue weighted by atomic mass is 32.2. The molecule has 1 aliphatic rings. The Morgan fingerprint density at radius 3 is 2.59 bits per heavy atom. The average Bonchev–Trinajstić information content (AvgIpc) is 3.19. The lowest BCUT2D eigenvalue weighted by molar-refractivity contribution is -0.139. The number of carboxylic acids is 1. The molecular weight excluding hydrogens is 306 g/mol. The van der Waals surface area contributed by atoms with Gasteiger partial charge in [0.25, 0.3) is 0 Å². The second kappa shape index (κ2) is 5.54. The van der Waals surface area contributed by atoms with Gasteiger partial charge in [-0.2, -0.15) is 0 Å². The zero-order valence-corrected chi connectivity index (χ0v) is 12.4. The average molecular weight is 321 g/mol. The smallest absolute Gasteiger partial charge is 0.320 e. The predicted molar refractivity (Wildman–Crippen MR) is 78.6 cm³/mol. The molecule has 1 aromatic carbocycles. The van der Waals surface area contributed by atoms with Gasteiger partial charge in [0.05, 0.1) is 16.5 Å². The number of imidazole rings is 1. The number of sulfone groups is 1. The van der Waals surface area contributed by atoms with Crippen molar-refractivity contribution < 1.29 is 18.3 Å². The van der Waals surface area contributed by atoms with E-state index in [1.807, 2.05) is 0 Å². The summed E-state index contributed by atoms with van der Waals surface area (Å²) in [5, 5.41) is 11.0. The molecule has 8 heteroatoms. The van der Waals surface area contributed by atoms with Crippen molar-refractivity contribution in [3.63, 3.8) is 0 Å². The Morgan fingerprint density at radius 1 is 1.32 bits per heavy atom. The Labute approximate surface area is 127 Å². The van der Waals surface area contributed by atoms with Crippen molar-refractivity contribution in [3.8, 4) is 5.69 Å². The van der Waals surface area contributed by atoms with E-state index in [-0.39, 0.29) is 17.9 Å². The summed E-state index contributed by atoms with van der Waals surface area (Å²) in [6.07, 6.45) is 5.12. The molecule has 1 fully saturated rings. The first-order valence-corrected chi connectivity index (χ1v) is 8.31. The van der Waals surface area contributed by atoms with Gasteiger partial charge in [0, 0.05) is 24.6 Å². The van der Waals surface area contributed by atoms with Crippen molar-refractivity contribution in [1.82, 2.24) is 14.9 Å². The van der Waals surface area contributed by atoms with Crippen molar-refractivity contribution in [1.29, 1.82) is 0 Å². The van der Waals surface area contributed by atoms with Gasteiger partial charge in [-0.15, -0.1) is 0 Å². The Morgan fingerprint density at radius 2 is 2.05 bits per heavy atom. The minimum absolute atomic E-state index is 0.0843. The van der Waals surface area contributed by atoms with E-state index in [0.717, 1.165) is 5.69 Å². The van der Waals surface area contributed by atoms with Gasteiger partial charge in [-0.25, -0.2) is 13.4 Å². The van der Waals surface area contributed by atoms with Crippen LogP contribution in [0.2, 0.25) is 0 Å². The maximum Gasteiger partial charge on any atom is 0.320 e. The van der Waals surface area contributed by atoms with Crippen LogP contribution >= 0.6 is 0 Å². The van der Waals surface area contributed by atoms with E-state index in [9.17, 15) is 13.2 Å². The molecule has 1 saturated heterocycles. The lowest BCUT2D eigenvalue weighted by atomic mass is 10.2. The molecule has 0 aliphatic carbocycles. The van der Waals surface area contributed by atoms with E-state index in [0.29, 0.717) is 0 Å². The van der Waals surface area contributed by atoms with E-state index in [4.69, 9.17) is 5.11 Å². The number of benzene rings is 1. The minimum atomic E-state index is -3.54. The molecule has 0 amide bonds. The highest BCUT2D eigenvalue weighted by molar-refractivity contribution is 7.92. The minimum Gasteiger partial charge on any atom is -0.480 e. The van der Waals surface area contributed by atoms with Gasteiger partial charge >= 0.3 is 5.97 Å². The SMILES string of the molecule is O=C(O)[C@@H]1C[C@@H](S(=O)(=O)c2ccc(-n3ccnc3)cc2)CN1. The van der Waals surface area contributed by atoms with Crippen molar-refractivity contribution in [2.24, 2.45) is 0 Å². The van der Waals surface area contributed by atoms with E-state index in [1.54, 1.807) is 47.6 Å². The summed E-state index contributed by atoms with van der Waals surface area (Å²) in [7, 11) is -3.54. The number of carboxylic acid groups (broad SMARTS) is 1. The predicted octanol–water partition coefficient (Wildman–Crippen LogP) is 0.461. The molecule has 0 saturated carbocycles. The van der Waals surface area contributed by atoms with Gasteiger partial charge in [-0.1, -0.05) is 0 Å². The highest BCUT2D eigenvalue weighted by Crippen LogP contribution is 2.24. The van der Waals surface area contributed by atoms with Crippen LogP contribution in [-0.2, 0) is 14.6 Å².